The molecule has 0 bridgehead atoms. The van der Waals surface area contributed by atoms with Gasteiger partial charge in [-0.3, -0.25) is 14.9 Å². The zero-order chi connectivity index (χ0) is 20.4. The standard InChI is InChI=1S/C19H20N6O2S2/c1-11-15(29-10-22-11)18(27)25-7-4-12(5-8-25)14-3-2-13(16(20)23-14)17(26)24-19-21-6-9-28-19/h2-3,6,9-10,12H,4-5,7-8H2,1H3,(H2,20,23)(H,21,24,26). The van der Waals surface area contributed by atoms with Gasteiger partial charge in [0.05, 0.1) is 16.8 Å². The van der Waals surface area contributed by atoms with Crippen LogP contribution in [0, 0.1) is 6.92 Å². The summed E-state index contributed by atoms with van der Waals surface area (Å²) in [5, 5.41) is 5.02. The highest BCUT2D eigenvalue weighted by Crippen LogP contribution is 2.29. The van der Waals surface area contributed by atoms with E-state index in [-0.39, 0.29) is 23.6 Å². The Balaban J connectivity index is 1.40. The van der Waals surface area contributed by atoms with Crippen molar-refractivity contribution in [1.82, 2.24) is 19.9 Å². The largest absolute Gasteiger partial charge is 0.383 e. The Labute approximate surface area is 175 Å². The van der Waals surface area contributed by atoms with E-state index >= 15 is 0 Å². The molecule has 1 fully saturated rings. The minimum absolute atomic E-state index is 0.0464. The van der Waals surface area contributed by atoms with Crippen LogP contribution in [0.2, 0.25) is 0 Å². The Morgan fingerprint density at radius 2 is 2.00 bits per heavy atom. The van der Waals surface area contributed by atoms with Crippen LogP contribution in [0.3, 0.4) is 0 Å². The minimum atomic E-state index is -0.322. The fraction of sp³-hybridized carbons (Fsp3) is 0.316. The molecular formula is C19H20N6O2S2. The van der Waals surface area contributed by atoms with Gasteiger partial charge in [-0.05, 0) is 31.9 Å². The molecule has 0 saturated carbocycles. The lowest BCUT2D eigenvalue weighted by Crippen LogP contribution is -2.38. The second kappa shape index (κ2) is 8.26. The molecule has 10 heteroatoms. The summed E-state index contributed by atoms with van der Waals surface area (Å²) in [4.78, 5) is 40.3. The SMILES string of the molecule is Cc1ncsc1C(=O)N1CCC(c2ccc(C(=O)Nc3nccs3)c(N)n2)CC1. The van der Waals surface area contributed by atoms with Crippen LogP contribution in [-0.2, 0) is 0 Å². The molecule has 8 nitrogen and oxygen atoms in total. The second-order valence-electron chi connectivity index (χ2n) is 6.79. The van der Waals surface area contributed by atoms with E-state index in [0.717, 1.165) is 24.2 Å². The minimum Gasteiger partial charge on any atom is -0.383 e. The summed E-state index contributed by atoms with van der Waals surface area (Å²) in [5.74, 6) is 0.136. The van der Waals surface area contributed by atoms with Crippen molar-refractivity contribution >= 4 is 45.4 Å². The third kappa shape index (κ3) is 4.13. The number of nitrogens with one attached hydrogen (secondary N) is 1. The lowest BCUT2D eigenvalue weighted by molar-refractivity contribution is 0.0715. The van der Waals surface area contributed by atoms with Crippen LogP contribution in [0.25, 0.3) is 0 Å². The fourth-order valence-corrected chi connectivity index (χ4v) is 4.68. The molecule has 3 aromatic rings. The van der Waals surface area contributed by atoms with Crippen molar-refractivity contribution in [1.29, 1.82) is 0 Å². The molecule has 0 aliphatic carbocycles. The molecule has 4 heterocycles. The number of hydrogen-bond donors (Lipinski definition) is 2. The molecule has 3 N–H and O–H groups in total. The van der Waals surface area contributed by atoms with Crippen LogP contribution in [-0.4, -0.2) is 44.8 Å². The molecule has 0 unspecified atom stereocenters. The maximum Gasteiger partial charge on any atom is 0.265 e. The van der Waals surface area contributed by atoms with E-state index in [0.29, 0.717) is 28.7 Å². The number of aryl methyl sites for hydroxylation is 1. The third-order valence-electron chi connectivity index (χ3n) is 4.98. The fourth-order valence-electron chi connectivity index (χ4n) is 3.39. The van der Waals surface area contributed by atoms with E-state index in [9.17, 15) is 9.59 Å². The number of nitrogens with zero attached hydrogens (tertiary/aromatic N) is 4. The van der Waals surface area contributed by atoms with Gasteiger partial charge in [0.25, 0.3) is 11.8 Å². The maximum absolute atomic E-state index is 12.6. The summed E-state index contributed by atoms with van der Waals surface area (Å²) in [6.45, 7) is 3.18. The van der Waals surface area contributed by atoms with Crippen molar-refractivity contribution < 1.29 is 9.59 Å². The van der Waals surface area contributed by atoms with Crippen LogP contribution >= 0.6 is 22.7 Å². The highest BCUT2D eigenvalue weighted by atomic mass is 32.1. The molecule has 0 aromatic carbocycles. The van der Waals surface area contributed by atoms with Crippen molar-refractivity contribution in [2.75, 3.05) is 24.1 Å². The summed E-state index contributed by atoms with van der Waals surface area (Å²) < 4.78 is 0. The van der Waals surface area contributed by atoms with Crippen molar-refractivity contribution in [3.63, 3.8) is 0 Å². The van der Waals surface area contributed by atoms with Crippen molar-refractivity contribution in [3.8, 4) is 0 Å². The first-order chi connectivity index (χ1) is 14.0. The molecule has 1 aliphatic rings. The van der Waals surface area contributed by atoms with Gasteiger partial charge < -0.3 is 10.6 Å². The number of likely N-dealkylation sites (tertiary alicyclic amines) is 1. The molecular weight excluding hydrogens is 408 g/mol. The van der Waals surface area contributed by atoms with Gasteiger partial charge in [0.2, 0.25) is 0 Å². The molecule has 0 radical (unpaired) electrons. The number of thiazole rings is 2. The zero-order valence-corrected chi connectivity index (χ0v) is 17.4. The van der Waals surface area contributed by atoms with Gasteiger partial charge in [-0.2, -0.15) is 0 Å². The van der Waals surface area contributed by atoms with Crippen molar-refractivity contribution in [3.05, 3.63) is 51.0 Å². The third-order valence-corrected chi connectivity index (χ3v) is 6.59. The average Bonchev–Trinajstić information content (AvgIpc) is 3.39. The van der Waals surface area contributed by atoms with Gasteiger partial charge in [-0.25, -0.2) is 15.0 Å². The molecule has 4 rings (SSSR count). The van der Waals surface area contributed by atoms with Crippen LogP contribution in [0.15, 0.2) is 29.2 Å². The maximum atomic E-state index is 12.6. The first-order valence-corrected chi connectivity index (χ1v) is 11.0. The number of aromatic nitrogens is 3. The monoisotopic (exact) mass is 428 g/mol. The van der Waals surface area contributed by atoms with Crippen molar-refractivity contribution in [2.45, 2.75) is 25.7 Å². The lowest BCUT2D eigenvalue weighted by atomic mass is 9.92. The Bertz CT molecular complexity index is 1030. The Hall–Kier alpha value is -2.85. The second-order valence-corrected chi connectivity index (χ2v) is 8.54. The quantitative estimate of drug-likeness (QED) is 0.660. The number of rotatable bonds is 4. The summed E-state index contributed by atoms with van der Waals surface area (Å²) in [5.41, 5.74) is 9.73. The molecule has 29 heavy (non-hydrogen) atoms. The van der Waals surface area contributed by atoms with E-state index in [1.807, 2.05) is 17.9 Å². The van der Waals surface area contributed by atoms with Gasteiger partial charge in [0.15, 0.2) is 5.13 Å². The highest BCUT2D eigenvalue weighted by molar-refractivity contribution is 7.13. The van der Waals surface area contributed by atoms with E-state index < -0.39 is 0 Å². The average molecular weight is 429 g/mol. The number of anilines is 2. The highest BCUT2D eigenvalue weighted by Gasteiger charge is 2.27. The van der Waals surface area contributed by atoms with E-state index in [4.69, 9.17) is 5.73 Å². The first-order valence-electron chi connectivity index (χ1n) is 9.19. The van der Waals surface area contributed by atoms with Gasteiger partial charge in [0.1, 0.15) is 10.7 Å². The smallest absolute Gasteiger partial charge is 0.265 e. The van der Waals surface area contributed by atoms with Gasteiger partial charge in [0, 0.05) is 36.3 Å². The van der Waals surface area contributed by atoms with Crippen LogP contribution in [0.1, 0.15) is 50.2 Å². The van der Waals surface area contributed by atoms with Crippen molar-refractivity contribution in [2.24, 2.45) is 0 Å². The summed E-state index contributed by atoms with van der Waals surface area (Å²) >= 11 is 2.72. The number of amides is 2. The van der Waals surface area contributed by atoms with Gasteiger partial charge in [-0.15, -0.1) is 22.7 Å². The predicted octanol–water partition coefficient (Wildman–Crippen LogP) is 3.16. The van der Waals surface area contributed by atoms with E-state index in [1.54, 1.807) is 23.2 Å². The first kappa shape index (κ1) is 19.5. The number of hydrogen-bond acceptors (Lipinski definition) is 8. The molecule has 3 aromatic heterocycles. The molecule has 1 saturated heterocycles. The number of piperidine rings is 1. The number of pyridine rings is 1. The molecule has 150 valence electrons. The Morgan fingerprint density at radius 3 is 2.62 bits per heavy atom. The number of carbonyl (C=O) groups excluding carboxylic acids is 2. The topological polar surface area (TPSA) is 114 Å². The van der Waals surface area contributed by atoms with Crippen LogP contribution in [0.4, 0.5) is 10.9 Å². The Kier molecular flexibility index (Phi) is 5.54. The Morgan fingerprint density at radius 1 is 1.21 bits per heavy atom. The number of nitrogens with two attached hydrogens (primary N) is 1. The molecule has 2 amide bonds. The number of nitrogen functional groups attached to an aromatic ring is 1. The lowest BCUT2D eigenvalue weighted by Gasteiger charge is -2.31. The van der Waals surface area contributed by atoms with Crippen LogP contribution < -0.4 is 11.1 Å². The normalized spacial score (nSPS) is 14.7. The summed E-state index contributed by atoms with van der Waals surface area (Å²) in [6.07, 6.45) is 3.24. The summed E-state index contributed by atoms with van der Waals surface area (Å²) in [6, 6.07) is 3.56. The van der Waals surface area contributed by atoms with Gasteiger partial charge in [-0.1, -0.05) is 0 Å². The van der Waals surface area contributed by atoms with Crippen LogP contribution in [0.5, 0.6) is 0 Å². The van der Waals surface area contributed by atoms with E-state index in [2.05, 4.69) is 20.3 Å². The molecule has 0 atom stereocenters. The molecule has 0 spiro atoms. The van der Waals surface area contributed by atoms with E-state index in [1.165, 1.54) is 22.7 Å². The number of carbonyl (C=O) groups is 2. The van der Waals surface area contributed by atoms with Gasteiger partial charge >= 0.3 is 0 Å². The zero-order valence-electron chi connectivity index (χ0n) is 15.8. The predicted molar refractivity (Wildman–Crippen MR) is 113 cm³/mol. The summed E-state index contributed by atoms with van der Waals surface area (Å²) in [7, 11) is 0. The molecule has 1 aliphatic heterocycles.